The average Bonchev–Trinajstić information content (AvgIpc) is 3.31. The standard InChI is InChI=1S/C30H24N4OS/c1-21-13-9-12-20-27(21)34-30(36-29(32-34)22(2)35)26-19-11-10-18-25(26)28(23-14-5-3-6-15-23)31-33(30)24-16-7-4-8-17-24/h3-20H,1-2H3/t30-/m0/s1. The van der Waals surface area contributed by atoms with E-state index >= 15 is 0 Å². The highest BCUT2D eigenvalue weighted by Gasteiger charge is 2.56. The lowest BCUT2D eigenvalue weighted by atomic mass is 9.93. The van der Waals surface area contributed by atoms with Crippen LogP contribution in [0.25, 0.3) is 0 Å². The predicted molar refractivity (Wildman–Crippen MR) is 148 cm³/mol. The number of hydrazone groups is 2. The van der Waals surface area contributed by atoms with Gasteiger partial charge in [0.05, 0.1) is 17.1 Å². The van der Waals surface area contributed by atoms with E-state index in [9.17, 15) is 4.79 Å². The zero-order chi connectivity index (χ0) is 24.7. The van der Waals surface area contributed by atoms with Gasteiger partial charge in [0.25, 0.3) is 0 Å². The molecule has 176 valence electrons. The maximum Gasteiger partial charge on any atom is 0.234 e. The molecule has 0 radical (unpaired) electrons. The van der Waals surface area contributed by atoms with Gasteiger partial charge in [0.1, 0.15) is 0 Å². The first-order valence-corrected chi connectivity index (χ1v) is 12.6. The van der Waals surface area contributed by atoms with Gasteiger partial charge in [-0.15, -0.1) is 0 Å². The lowest BCUT2D eigenvalue weighted by Crippen LogP contribution is -2.54. The molecule has 2 heterocycles. The number of fused-ring (bicyclic) bond motifs is 2. The summed E-state index contributed by atoms with van der Waals surface area (Å²) < 4.78 is 0. The number of hydrogen-bond acceptors (Lipinski definition) is 6. The van der Waals surface area contributed by atoms with Crippen LogP contribution in [0.15, 0.2) is 119 Å². The van der Waals surface area contributed by atoms with Crippen LogP contribution in [0.4, 0.5) is 11.4 Å². The molecule has 0 N–H and O–H groups in total. The first-order chi connectivity index (χ1) is 17.6. The number of aryl methyl sites for hydroxylation is 1. The van der Waals surface area contributed by atoms with E-state index in [1.54, 1.807) is 6.92 Å². The molecule has 5 nitrogen and oxygen atoms in total. The molecule has 0 unspecified atom stereocenters. The first kappa shape index (κ1) is 22.3. The normalized spacial score (nSPS) is 18.6. The maximum absolute atomic E-state index is 12.7. The van der Waals surface area contributed by atoms with Crippen molar-refractivity contribution in [1.82, 2.24) is 0 Å². The Balaban J connectivity index is 1.68. The molecule has 0 bridgehead atoms. The van der Waals surface area contributed by atoms with E-state index in [1.807, 2.05) is 88.9 Å². The molecule has 0 aromatic heterocycles. The van der Waals surface area contributed by atoms with Crippen LogP contribution >= 0.6 is 11.8 Å². The van der Waals surface area contributed by atoms with Crippen LogP contribution in [0.3, 0.4) is 0 Å². The third kappa shape index (κ3) is 3.45. The molecule has 2 aliphatic heterocycles. The van der Waals surface area contributed by atoms with Crippen LogP contribution in [-0.4, -0.2) is 16.5 Å². The maximum atomic E-state index is 12.7. The van der Waals surface area contributed by atoms with E-state index in [0.717, 1.165) is 39.3 Å². The number of carbonyl (C=O) groups excluding carboxylic acids is 1. The number of benzene rings is 4. The number of thioether (sulfide) groups is 1. The lowest BCUT2D eigenvalue weighted by molar-refractivity contribution is -0.110. The average molecular weight is 489 g/mol. The molecule has 4 aromatic rings. The second-order valence-corrected chi connectivity index (χ2v) is 9.94. The van der Waals surface area contributed by atoms with E-state index in [1.165, 1.54) is 11.8 Å². The summed E-state index contributed by atoms with van der Waals surface area (Å²) in [5, 5.41) is 14.7. The van der Waals surface area contributed by atoms with Gasteiger partial charge in [0, 0.05) is 23.6 Å². The van der Waals surface area contributed by atoms with Crippen LogP contribution in [0, 0.1) is 6.92 Å². The monoisotopic (exact) mass is 488 g/mol. The number of rotatable bonds is 4. The van der Waals surface area contributed by atoms with Crippen molar-refractivity contribution in [2.24, 2.45) is 10.2 Å². The summed E-state index contributed by atoms with van der Waals surface area (Å²) in [6.45, 7) is 3.64. The fourth-order valence-corrected chi connectivity index (χ4v) is 6.02. The van der Waals surface area contributed by atoms with E-state index in [0.29, 0.717) is 5.04 Å². The van der Waals surface area contributed by atoms with Crippen LogP contribution < -0.4 is 10.0 Å². The van der Waals surface area contributed by atoms with Gasteiger partial charge in [0.15, 0.2) is 10.8 Å². The summed E-state index contributed by atoms with van der Waals surface area (Å²) in [6, 6.07) is 36.8. The number of anilines is 2. The number of carbonyl (C=O) groups is 1. The summed E-state index contributed by atoms with van der Waals surface area (Å²) >= 11 is 1.44. The van der Waals surface area contributed by atoms with E-state index in [-0.39, 0.29) is 5.78 Å². The summed E-state index contributed by atoms with van der Waals surface area (Å²) in [7, 11) is 0. The number of Topliss-reactive ketones (excluding diaryl/α,β-unsaturated/α-hetero) is 1. The van der Waals surface area contributed by atoms with Crippen LogP contribution in [0.5, 0.6) is 0 Å². The zero-order valence-electron chi connectivity index (χ0n) is 20.0. The van der Waals surface area contributed by atoms with E-state index < -0.39 is 4.99 Å². The smallest absolute Gasteiger partial charge is 0.234 e. The van der Waals surface area contributed by atoms with Gasteiger partial charge in [-0.05, 0) is 42.4 Å². The molecule has 0 amide bonds. The Labute approximate surface area is 214 Å². The van der Waals surface area contributed by atoms with Crippen molar-refractivity contribution in [3.63, 3.8) is 0 Å². The van der Waals surface area contributed by atoms with Crippen molar-refractivity contribution in [3.8, 4) is 0 Å². The Kier molecular flexibility index (Phi) is 5.46. The molecule has 0 fully saturated rings. The minimum Gasteiger partial charge on any atom is -0.292 e. The first-order valence-electron chi connectivity index (χ1n) is 11.8. The molecule has 2 aliphatic rings. The van der Waals surface area contributed by atoms with Crippen molar-refractivity contribution >= 4 is 39.7 Å². The molecule has 1 atom stereocenters. The summed E-state index contributed by atoms with van der Waals surface area (Å²) in [4.78, 5) is 11.8. The molecule has 0 saturated carbocycles. The Bertz CT molecular complexity index is 1520. The Morgan fingerprint density at radius 2 is 1.39 bits per heavy atom. The van der Waals surface area contributed by atoms with Crippen molar-refractivity contribution < 1.29 is 4.79 Å². The molecule has 6 rings (SSSR count). The van der Waals surface area contributed by atoms with Gasteiger partial charge in [-0.3, -0.25) is 4.79 Å². The highest BCUT2D eigenvalue weighted by Crippen LogP contribution is 2.55. The number of ketones is 1. The highest BCUT2D eigenvalue weighted by atomic mass is 32.2. The van der Waals surface area contributed by atoms with Gasteiger partial charge >= 0.3 is 0 Å². The Morgan fingerprint density at radius 3 is 2.11 bits per heavy atom. The topological polar surface area (TPSA) is 48.3 Å². The third-order valence-corrected chi connectivity index (χ3v) is 7.84. The zero-order valence-corrected chi connectivity index (χ0v) is 20.8. The molecular weight excluding hydrogens is 464 g/mol. The highest BCUT2D eigenvalue weighted by molar-refractivity contribution is 8.17. The minimum absolute atomic E-state index is 0.0706. The molecule has 36 heavy (non-hydrogen) atoms. The molecule has 4 aromatic carbocycles. The Hall–Kier alpha value is -4.16. The van der Waals surface area contributed by atoms with Crippen molar-refractivity contribution in [2.75, 3.05) is 10.0 Å². The quantitative estimate of drug-likeness (QED) is 0.328. The van der Waals surface area contributed by atoms with Crippen molar-refractivity contribution in [3.05, 3.63) is 131 Å². The van der Waals surface area contributed by atoms with E-state index in [2.05, 4.69) is 37.3 Å². The number of para-hydroxylation sites is 2. The fraction of sp³-hybridized carbons (Fsp3) is 0.100. The molecule has 0 saturated heterocycles. The molecular formula is C30H24N4OS. The summed E-state index contributed by atoms with van der Waals surface area (Å²) in [5.41, 5.74) is 6.84. The second-order valence-electron chi connectivity index (χ2n) is 8.78. The van der Waals surface area contributed by atoms with Gasteiger partial charge in [-0.25, -0.2) is 10.0 Å². The van der Waals surface area contributed by atoms with Crippen LogP contribution in [-0.2, 0) is 9.79 Å². The number of nitrogens with zero attached hydrogens (tertiary/aromatic N) is 4. The van der Waals surface area contributed by atoms with E-state index in [4.69, 9.17) is 10.2 Å². The minimum atomic E-state index is -0.927. The SMILES string of the molecule is CC(=O)C1=NN(c2ccccc2C)[C@]2(S1)c1ccccc1C(c1ccccc1)=NN2c1ccccc1. The molecule has 1 spiro atoms. The van der Waals surface area contributed by atoms with Gasteiger partial charge in [-0.2, -0.15) is 10.2 Å². The lowest BCUT2D eigenvalue weighted by Gasteiger charge is -2.47. The molecule has 0 aliphatic carbocycles. The number of hydrogen-bond donors (Lipinski definition) is 0. The molecule has 6 heteroatoms. The van der Waals surface area contributed by atoms with Crippen molar-refractivity contribution in [2.45, 2.75) is 18.8 Å². The van der Waals surface area contributed by atoms with Gasteiger partial charge in [-0.1, -0.05) is 91.0 Å². The Morgan fingerprint density at radius 1 is 0.750 bits per heavy atom. The summed E-state index contributed by atoms with van der Waals surface area (Å²) in [6.07, 6.45) is 0. The van der Waals surface area contributed by atoms with Gasteiger partial charge < -0.3 is 0 Å². The summed E-state index contributed by atoms with van der Waals surface area (Å²) in [5.74, 6) is -0.0706. The second kappa shape index (κ2) is 8.81. The fourth-order valence-electron chi connectivity index (χ4n) is 4.74. The predicted octanol–water partition coefficient (Wildman–Crippen LogP) is 6.53. The third-order valence-electron chi connectivity index (χ3n) is 6.43. The van der Waals surface area contributed by atoms with Crippen LogP contribution in [0.1, 0.15) is 29.2 Å². The van der Waals surface area contributed by atoms with Gasteiger partial charge in [0.2, 0.25) is 4.99 Å². The van der Waals surface area contributed by atoms with Crippen LogP contribution in [0.2, 0.25) is 0 Å². The largest absolute Gasteiger partial charge is 0.292 e. The van der Waals surface area contributed by atoms with Crippen molar-refractivity contribution in [1.29, 1.82) is 0 Å².